The van der Waals surface area contributed by atoms with Crippen LogP contribution in [-0.4, -0.2) is 13.1 Å². The molecule has 2 aromatic carbocycles. The van der Waals surface area contributed by atoms with Crippen LogP contribution in [0.5, 0.6) is 5.75 Å². The van der Waals surface area contributed by atoms with Gasteiger partial charge in [0.25, 0.3) is 0 Å². The van der Waals surface area contributed by atoms with Crippen molar-refractivity contribution in [2.75, 3.05) is 17.7 Å². The highest BCUT2D eigenvalue weighted by atomic mass is 35.5. The second-order valence-electron chi connectivity index (χ2n) is 4.08. The topological polar surface area (TPSA) is 74.2 Å². The van der Waals surface area contributed by atoms with Gasteiger partial charge in [-0.05, 0) is 30.3 Å². The highest BCUT2D eigenvalue weighted by Gasteiger charge is 2.10. The molecule has 0 aliphatic rings. The fourth-order valence-corrected chi connectivity index (χ4v) is 1.91. The molecule has 0 unspecified atom stereocenters. The van der Waals surface area contributed by atoms with E-state index in [9.17, 15) is 4.79 Å². The lowest BCUT2D eigenvalue weighted by atomic mass is 10.2. The highest BCUT2D eigenvalue weighted by molar-refractivity contribution is 6.31. The Hall–Kier alpha value is -2.71. The number of nitrogens with one attached hydrogen (secondary N) is 2. The summed E-state index contributed by atoms with van der Waals surface area (Å²) in [5.41, 5.74) is 1.20. The van der Waals surface area contributed by atoms with Crippen molar-refractivity contribution in [3.8, 4) is 11.8 Å². The summed E-state index contributed by atoms with van der Waals surface area (Å²) in [6.45, 7) is 0. The van der Waals surface area contributed by atoms with Crippen LogP contribution >= 0.6 is 11.6 Å². The number of para-hydroxylation sites is 2. The Morgan fingerprint density at radius 1 is 1.19 bits per heavy atom. The molecule has 6 heteroatoms. The van der Waals surface area contributed by atoms with Gasteiger partial charge in [-0.2, -0.15) is 5.26 Å². The van der Waals surface area contributed by atoms with Gasteiger partial charge in [-0.1, -0.05) is 23.7 Å². The Morgan fingerprint density at radius 2 is 1.90 bits per heavy atom. The van der Waals surface area contributed by atoms with E-state index in [1.54, 1.807) is 36.4 Å². The second kappa shape index (κ2) is 6.64. The molecule has 21 heavy (non-hydrogen) atoms. The number of halogens is 1. The fourth-order valence-electron chi connectivity index (χ4n) is 1.74. The van der Waals surface area contributed by atoms with E-state index >= 15 is 0 Å². The van der Waals surface area contributed by atoms with Crippen LogP contribution in [0, 0.1) is 11.3 Å². The van der Waals surface area contributed by atoms with Crippen molar-refractivity contribution < 1.29 is 9.53 Å². The standard InChI is InChI=1S/C15H12ClN3O2/c1-21-14-5-3-2-4-12(14)18-15(20)19-13-8-11(16)7-6-10(13)9-17/h2-8H,1H3,(H2,18,19,20). The number of rotatable bonds is 3. The van der Waals surface area contributed by atoms with E-state index in [4.69, 9.17) is 21.6 Å². The molecular formula is C15H12ClN3O2. The zero-order chi connectivity index (χ0) is 15.2. The molecule has 5 nitrogen and oxygen atoms in total. The minimum atomic E-state index is -0.488. The minimum absolute atomic E-state index is 0.328. The number of anilines is 2. The van der Waals surface area contributed by atoms with Gasteiger partial charge in [-0.3, -0.25) is 0 Å². The van der Waals surface area contributed by atoms with Crippen molar-refractivity contribution in [3.05, 3.63) is 53.1 Å². The van der Waals surface area contributed by atoms with Gasteiger partial charge < -0.3 is 15.4 Å². The molecule has 0 aromatic heterocycles. The number of methoxy groups -OCH3 is 1. The molecule has 2 rings (SSSR count). The zero-order valence-corrected chi connectivity index (χ0v) is 11.9. The SMILES string of the molecule is COc1ccccc1NC(=O)Nc1cc(Cl)ccc1C#N. The Morgan fingerprint density at radius 3 is 2.62 bits per heavy atom. The summed E-state index contributed by atoms with van der Waals surface area (Å²) in [6.07, 6.45) is 0. The van der Waals surface area contributed by atoms with E-state index in [0.29, 0.717) is 27.7 Å². The molecule has 0 saturated heterocycles. The van der Waals surface area contributed by atoms with Gasteiger partial charge in [0.05, 0.1) is 24.0 Å². The first-order valence-electron chi connectivity index (χ1n) is 6.04. The Kier molecular flexibility index (Phi) is 4.64. The van der Waals surface area contributed by atoms with Gasteiger partial charge in [0, 0.05) is 5.02 Å². The monoisotopic (exact) mass is 301 g/mol. The number of urea groups is 1. The Balaban J connectivity index is 2.16. The van der Waals surface area contributed by atoms with Crippen LogP contribution in [0.4, 0.5) is 16.2 Å². The number of benzene rings is 2. The summed E-state index contributed by atoms with van der Waals surface area (Å²) in [5.74, 6) is 0.541. The third kappa shape index (κ3) is 3.65. The van der Waals surface area contributed by atoms with Gasteiger partial charge in [0.2, 0.25) is 0 Å². The number of nitriles is 1. The maximum absolute atomic E-state index is 12.0. The normalized spacial score (nSPS) is 9.57. The van der Waals surface area contributed by atoms with Crippen molar-refractivity contribution in [1.29, 1.82) is 5.26 Å². The predicted octanol–water partition coefficient (Wildman–Crippen LogP) is 3.86. The number of carbonyl (C=O) groups excluding carboxylic acids is 1. The summed E-state index contributed by atoms with van der Waals surface area (Å²) < 4.78 is 5.14. The Labute approximate surface area is 127 Å². The molecule has 0 bridgehead atoms. The quantitative estimate of drug-likeness (QED) is 0.904. The summed E-state index contributed by atoms with van der Waals surface area (Å²) in [5, 5.41) is 14.7. The molecule has 0 aliphatic carbocycles. The maximum Gasteiger partial charge on any atom is 0.323 e. The number of hydrogen-bond donors (Lipinski definition) is 2. The third-order valence-electron chi connectivity index (χ3n) is 2.71. The summed E-state index contributed by atoms with van der Waals surface area (Å²) in [4.78, 5) is 12.0. The third-order valence-corrected chi connectivity index (χ3v) is 2.94. The van der Waals surface area contributed by atoms with E-state index in [1.807, 2.05) is 6.07 Å². The van der Waals surface area contributed by atoms with Crippen LogP contribution in [-0.2, 0) is 0 Å². The Bertz CT molecular complexity index is 710. The number of carbonyl (C=O) groups is 1. The van der Waals surface area contributed by atoms with Crippen LogP contribution in [0.1, 0.15) is 5.56 Å². The predicted molar refractivity (Wildman–Crippen MR) is 81.8 cm³/mol. The van der Waals surface area contributed by atoms with Crippen molar-refractivity contribution in [3.63, 3.8) is 0 Å². The van der Waals surface area contributed by atoms with Crippen LogP contribution in [0.15, 0.2) is 42.5 Å². The van der Waals surface area contributed by atoms with Gasteiger partial charge in [0.15, 0.2) is 0 Å². The van der Waals surface area contributed by atoms with Gasteiger partial charge in [-0.15, -0.1) is 0 Å². The van der Waals surface area contributed by atoms with E-state index in [0.717, 1.165) is 0 Å². The smallest absolute Gasteiger partial charge is 0.323 e. The molecule has 0 radical (unpaired) electrons. The van der Waals surface area contributed by atoms with E-state index in [1.165, 1.54) is 13.2 Å². The number of hydrogen-bond acceptors (Lipinski definition) is 3. The first-order chi connectivity index (χ1) is 10.1. The van der Waals surface area contributed by atoms with Gasteiger partial charge in [-0.25, -0.2) is 4.79 Å². The molecule has 0 aliphatic heterocycles. The second-order valence-corrected chi connectivity index (χ2v) is 4.52. The lowest BCUT2D eigenvalue weighted by Gasteiger charge is -2.11. The average Bonchev–Trinajstić information content (AvgIpc) is 2.48. The van der Waals surface area contributed by atoms with E-state index in [2.05, 4.69) is 10.6 Å². The largest absolute Gasteiger partial charge is 0.495 e. The summed E-state index contributed by atoms with van der Waals surface area (Å²) in [6, 6.07) is 13.2. The fraction of sp³-hybridized carbons (Fsp3) is 0.0667. The average molecular weight is 302 g/mol. The molecule has 2 aromatic rings. The van der Waals surface area contributed by atoms with E-state index in [-0.39, 0.29) is 0 Å². The molecule has 106 valence electrons. The number of nitrogens with zero attached hydrogens (tertiary/aromatic N) is 1. The summed E-state index contributed by atoms with van der Waals surface area (Å²) >= 11 is 5.86. The zero-order valence-electron chi connectivity index (χ0n) is 11.2. The molecule has 0 fully saturated rings. The van der Waals surface area contributed by atoms with E-state index < -0.39 is 6.03 Å². The number of amides is 2. The van der Waals surface area contributed by atoms with Crippen LogP contribution in [0.3, 0.4) is 0 Å². The molecule has 0 saturated carbocycles. The molecule has 0 spiro atoms. The molecule has 0 heterocycles. The van der Waals surface area contributed by atoms with Crippen molar-refractivity contribution in [1.82, 2.24) is 0 Å². The molecule has 2 N–H and O–H groups in total. The van der Waals surface area contributed by atoms with Crippen LogP contribution < -0.4 is 15.4 Å². The van der Waals surface area contributed by atoms with Crippen LogP contribution in [0.2, 0.25) is 5.02 Å². The first kappa shape index (κ1) is 14.7. The lowest BCUT2D eigenvalue weighted by Crippen LogP contribution is -2.20. The molecule has 0 atom stereocenters. The first-order valence-corrected chi connectivity index (χ1v) is 6.42. The minimum Gasteiger partial charge on any atom is -0.495 e. The lowest BCUT2D eigenvalue weighted by molar-refractivity contribution is 0.262. The van der Waals surface area contributed by atoms with Crippen molar-refractivity contribution in [2.45, 2.75) is 0 Å². The van der Waals surface area contributed by atoms with Crippen LogP contribution in [0.25, 0.3) is 0 Å². The number of ether oxygens (including phenoxy) is 1. The summed E-state index contributed by atoms with van der Waals surface area (Å²) in [7, 11) is 1.52. The highest BCUT2D eigenvalue weighted by Crippen LogP contribution is 2.24. The van der Waals surface area contributed by atoms with Crippen molar-refractivity contribution in [2.24, 2.45) is 0 Å². The van der Waals surface area contributed by atoms with Gasteiger partial charge >= 0.3 is 6.03 Å². The molecular weight excluding hydrogens is 290 g/mol. The maximum atomic E-state index is 12.0. The van der Waals surface area contributed by atoms with Crippen molar-refractivity contribution >= 4 is 29.0 Å². The molecule has 2 amide bonds. The van der Waals surface area contributed by atoms with Gasteiger partial charge in [0.1, 0.15) is 11.8 Å².